The molecule has 1 saturated carbocycles. The first-order valence-electron chi connectivity index (χ1n) is 9.42. The van der Waals surface area contributed by atoms with Crippen LogP contribution < -0.4 is 0 Å². The number of hydrogen-bond donors (Lipinski definition) is 1. The van der Waals surface area contributed by atoms with Crippen LogP contribution in [0.4, 0.5) is 4.39 Å². The fourth-order valence-corrected chi connectivity index (χ4v) is 4.68. The molecule has 2 aliphatic rings. The van der Waals surface area contributed by atoms with Crippen LogP contribution in [0.5, 0.6) is 0 Å². The van der Waals surface area contributed by atoms with Crippen molar-refractivity contribution in [2.75, 3.05) is 13.1 Å². The first kappa shape index (κ1) is 17.2. The summed E-state index contributed by atoms with van der Waals surface area (Å²) in [5.74, 6) is -0.392. The van der Waals surface area contributed by atoms with E-state index in [1.165, 1.54) is 6.07 Å². The van der Waals surface area contributed by atoms with Gasteiger partial charge in [0.05, 0.1) is 6.10 Å². The lowest BCUT2D eigenvalue weighted by Gasteiger charge is -2.42. The van der Waals surface area contributed by atoms with Crippen molar-refractivity contribution in [1.29, 1.82) is 0 Å². The minimum atomic E-state index is -0.325. The van der Waals surface area contributed by atoms with Gasteiger partial charge in [0.1, 0.15) is 5.82 Å². The van der Waals surface area contributed by atoms with E-state index >= 15 is 0 Å². The third kappa shape index (κ3) is 2.92. The molecule has 26 heavy (non-hydrogen) atoms. The Bertz CT molecular complexity index is 821. The fourth-order valence-electron chi connectivity index (χ4n) is 4.68. The third-order valence-electron chi connectivity index (χ3n) is 6.08. The predicted molar refractivity (Wildman–Crippen MR) is 99.3 cm³/mol. The lowest BCUT2D eigenvalue weighted by Crippen LogP contribution is -2.49. The molecule has 0 radical (unpaired) electrons. The largest absolute Gasteiger partial charge is 0.392 e. The van der Waals surface area contributed by atoms with E-state index in [0.29, 0.717) is 29.8 Å². The molecule has 1 amide bonds. The molecule has 1 heterocycles. The van der Waals surface area contributed by atoms with Gasteiger partial charge in [-0.2, -0.15) is 0 Å². The van der Waals surface area contributed by atoms with E-state index in [2.05, 4.69) is 0 Å². The van der Waals surface area contributed by atoms with Crippen LogP contribution in [0.25, 0.3) is 11.1 Å². The van der Waals surface area contributed by atoms with Gasteiger partial charge in [-0.3, -0.25) is 4.79 Å². The van der Waals surface area contributed by atoms with Gasteiger partial charge in [0.15, 0.2) is 0 Å². The second-order valence-corrected chi connectivity index (χ2v) is 7.63. The Kier molecular flexibility index (Phi) is 4.53. The van der Waals surface area contributed by atoms with Crippen molar-refractivity contribution in [2.45, 2.75) is 38.2 Å². The van der Waals surface area contributed by atoms with E-state index < -0.39 is 0 Å². The fraction of sp³-hybridized carbons (Fsp3) is 0.409. The summed E-state index contributed by atoms with van der Waals surface area (Å²) in [6, 6.07) is 13.8. The molecule has 0 aromatic heterocycles. The average molecular weight is 353 g/mol. The smallest absolute Gasteiger partial charge is 0.254 e. The molecule has 136 valence electrons. The summed E-state index contributed by atoms with van der Waals surface area (Å²) in [4.78, 5) is 15.1. The molecule has 1 aliphatic carbocycles. The van der Waals surface area contributed by atoms with Crippen LogP contribution in [0.15, 0.2) is 48.5 Å². The van der Waals surface area contributed by atoms with Crippen LogP contribution in [-0.2, 0) is 0 Å². The second-order valence-electron chi connectivity index (χ2n) is 7.63. The van der Waals surface area contributed by atoms with Gasteiger partial charge in [0.25, 0.3) is 5.91 Å². The quantitative estimate of drug-likeness (QED) is 0.876. The number of carbonyl (C=O) groups is 1. The van der Waals surface area contributed by atoms with Crippen molar-refractivity contribution in [3.63, 3.8) is 0 Å². The van der Waals surface area contributed by atoms with Gasteiger partial charge < -0.3 is 10.0 Å². The Morgan fingerprint density at radius 2 is 1.73 bits per heavy atom. The zero-order valence-corrected chi connectivity index (χ0v) is 14.8. The van der Waals surface area contributed by atoms with Crippen molar-refractivity contribution in [1.82, 2.24) is 4.90 Å². The molecule has 3 nitrogen and oxygen atoms in total. The number of benzene rings is 2. The van der Waals surface area contributed by atoms with Crippen molar-refractivity contribution in [3.05, 3.63) is 59.9 Å². The lowest BCUT2D eigenvalue weighted by atomic mass is 9.76. The van der Waals surface area contributed by atoms with Crippen molar-refractivity contribution < 1.29 is 14.3 Å². The van der Waals surface area contributed by atoms with E-state index in [9.17, 15) is 14.3 Å². The molecule has 0 unspecified atom stereocenters. The number of aliphatic hydroxyl groups is 1. The summed E-state index contributed by atoms with van der Waals surface area (Å²) in [6.07, 6.45) is 4.40. The van der Waals surface area contributed by atoms with Crippen molar-refractivity contribution >= 4 is 5.91 Å². The predicted octanol–water partition coefficient (Wildman–Crippen LogP) is 4.26. The van der Waals surface area contributed by atoms with Crippen LogP contribution in [0, 0.1) is 11.2 Å². The SMILES string of the molecule is O=C(c1ccccc1-c1ccccc1F)N1CCC[C@@]2(CCC[C@H]2O)C1. The maximum Gasteiger partial charge on any atom is 0.254 e. The number of nitrogens with zero attached hydrogens (tertiary/aromatic N) is 1. The molecule has 1 spiro atoms. The number of halogens is 1. The van der Waals surface area contributed by atoms with Crippen molar-refractivity contribution in [3.8, 4) is 11.1 Å². The molecular formula is C22H24FNO2. The zero-order valence-electron chi connectivity index (χ0n) is 14.8. The number of carbonyl (C=O) groups excluding carboxylic acids is 1. The summed E-state index contributed by atoms with van der Waals surface area (Å²) in [5, 5.41) is 10.5. The Morgan fingerprint density at radius 1 is 1.04 bits per heavy atom. The number of aliphatic hydroxyl groups excluding tert-OH is 1. The number of likely N-dealkylation sites (tertiary alicyclic amines) is 1. The maximum atomic E-state index is 14.3. The Morgan fingerprint density at radius 3 is 2.46 bits per heavy atom. The Labute approximate surface area is 153 Å². The van der Waals surface area contributed by atoms with Crippen LogP contribution in [-0.4, -0.2) is 35.1 Å². The highest BCUT2D eigenvalue weighted by molar-refractivity contribution is 6.01. The van der Waals surface area contributed by atoms with Crippen LogP contribution in [0.1, 0.15) is 42.5 Å². The Hall–Kier alpha value is -2.20. The van der Waals surface area contributed by atoms with Gasteiger partial charge in [0, 0.05) is 29.6 Å². The molecule has 2 aromatic rings. The average Bonchev–Trinajstić information content (AvgIpc) is 3.01. The Balaban J connectivity index is 1.66. The highest BCUT2D eigenvalue weighted by Crippen LogP contribution is 2.45. The standard InChI is InChI=1S/C22H24FNO2/c23-19-10-4-3-8-17(19)16-7-1-2-9-18(16)21(26)24-14-6-13-22(15-24)12-5-11-20(22)25/h1-4,7-10,20,25H,5-6,11-15H2/t20-,22+/m1/s1. The van der Waals surface area contributed by atoms with Gasteiger partial charge in [-0.15, -0.1) is 0 Å². The monoisotopic (exact) mass is 353 g/mol. The number of piperidine rings is 1. The highest BCUT2D eigenvalue weighted by Gasteiger charge is 2.45. The molecule has 0 bridgehead atoms. The molecule has 2 fully saturated rings. The zero-order chi connectivity index (χ0) is 18.1. The third-order valence-corrected chi connectivity index (χ3v) is 6.08. The summed E-state index contributed by atoms with van der Waals surface area (Å²) < 4.78 is 14.3. The van der Waals surface area contributed by atoms with Gasteiger partial charge in [0.2, 0.25) is 0 Å². The molecule has 4 heteroatoms. The number of rotatable bonds is 2. The number of hydrogen-bond acceptors (Lipinski definition) is 2. The molecular weight excluding hydrogens is 329 g/mol. The maximum absolute atomic E-state index is 14.3. The normalized spacial score (nSPS) is 25.6. The van der Waals surface area contributed by atoms with Gasteiger partial charge >= 0.3 is 0 Å². The van der Waals surface area contributed by atoms with Crippen LogP contribution in [0.3, 0.4) is 0 Å². The van der Waals surface area contributed by atoms with Gasteiger partial charge in [-0.25, -0.2) is 4.39 Å². The summed E-state index contributed by atoms with van der Waals surface area (Å²) in [7, 11) is 0. The highest BCUT2D eigenvalue weighted by atomic mass is 19.1. The van der Waals surface area contributed by atoms with Gasteiger partial charge in [-0.1, -0.05) is 42.8 Å². The first-order chi connectivity index (χ1) is 12.6. The van der Waals surface area contributed by atoms with Crippen LogP contribution in [0.2, 0.25) is 0 Å². The minimum Gasteiger partial charge on any atom is -0.392 e. The summed E-state index contributed by atoms with van der Waals surface area (Å²) in [6.45, 7) is 1.29. The molecule has 4 rings (SSSR count). The molecule has 1 N–H and O–H groups in total. The summed E-state index contributed by atoms with van der Waals surface area (Å²) in [5.41, 5.74) is 1.45. The first-order valence-corrected chi connectivity index (χ1v) is 9.42. The lowest BCUT2D eigenvalue weighted by molar-refractivity contribution is -0.00533. The molecule has 1 saturated heterocycles. The molecule has 1 aliphatic heterocycles. The van der Waals surface area contributed by atoms with E-state index in [1.807, 2.05) is 17.0 Å². The van der Waals surface area contributed by atoms with E-state index in [-0.39, 0.29) is 23.2 Å². The minimum absolute atomic E-state index is 0.0676. The van der Waals surface area contributed by atoms with Gasteiger partial charge in [-0.05, 0) is 43.4 Å². The van der Waals surface area contributed by atoms with Crippen molar-refractivity contribution in [2.24, 2.45) is 5.41 Å². The summed E-state index contributed by atoms with van der Waals surface area (Å²) >= 11 is 0. The molecule has 2 aromatic carbocycles. The van der Waals surface area contributed by atoms with Crippen LogP contribution >= 0.6 is 0 Å². The number of amides is 1. The topological polar surface area (TPSA) is 40.5 Å². The second kappa shape index (κ2) is 6.84. The molecule has 2 atom stereocenters. The van der Waals surface area contributed by atoms with E-state index in [4.69, 9.17) is 0 Å². The van der Waals surface area contributed by atoms with E-state index in [1.54, 1.807) is 30.3 Å². The van der Waals surface area contributed by atoms with E-state index in [0.717, 1.165) is 32.1 Å².